The van der Waals surface area contributed by atoms with E-state index in [1.165, 1.54) is 37.5 Å². The number of amides is 2. The predicted molar refractivity (Wildman–Crippen MR) is 104 cm³/mol. The maximum atomic E-state index is 12.2. The fourth-order valence-corrected chi connectivity index (χ4v) is 2.37. The number of ether oxygens (including phenoxy) is 1. The van der Waals surface area contributed by atoms with Crippen molar-refractivity contribution in [3.63, 3.8) is 0 Å². The molecule has 0 atom stereocenters. The lowest BCUT2D eigenvalue weighted by atomic mass is 10.2. The molecule has 9 nitrogen and oxygen atoms in total. The minimum absolute atomic E-state index is 0.0956. The first-order chi connectivity index (χ1) is 13.3. The van der Waals surface area contributed by atoms with Crippen LogP contribution in [0.1, 0.15) is 22.8 Å². The molecule has 0 saturated heterocycles. The number of hydrazine groups is 1. The zero-order valence-corrected chi connectivity index (χ0v) is 15.6. The minimum Gasteiger partial charge on any atom is -0.495 e. The lowest BCUT2D eigenvalue weighted by molar-refractivity contribution is -0.385. The van der Waals surface area contributed by atoms with Crippen LogP contribution in [0.25, 0.3) is 0 Å². The van der Waals surface area contributed by atoms with Gasteiger partial charge in [0.25, 0.3) is 11.6 Å². The molecule has 0 radical (unpaired) electrons. The first kappa shape index (κ1) is 20.4. The summed E-state index contributed by atoms with van der Waals surface area (Å²) >= 11 is 0. The van der Waals surface area contributed by atoms with E-state index in [0.29, 0.717) is 17.1 Å². The summed E-state index contributed by atoms with van der Waals surface area (Å²) in [5.74, 6) is -0.614. The Hall–Kier alpha value is -3.88. The summed E-state index contributed by atoms with van der Waals surface area (Å²) in [5.41, 5.74) is 6.27. The molecule has 146 valence electrons. The number of nitro groups is 1. The maximum absolute atomic E-state index is 12.2. The molecule has 0 aliphatic heterocycles. The number of para-hydroxylation sites is 1. The Bertz CT molecular complexity index is 940. The predicted octanol–water partition coefficient (Wildman–Crippen LogP) is 2.69. The van der Waals surface area contributed by atoms with E-state index in [4.69, 9.17) is 4.74 Å². The van der Waals surface area contributed by atoms with Gasteiger partial charge in [0.05, 0.1) is 17.7 Å². The van der Waals surface area contributed by atoms with E-state index in [9.17, 15) is 19.7 Å². The Labute approximate surface area is 161 Å². The molecule has 2 amide bonds. The summed E-state index contributed by atoms with van der Waals surface area (Å²) in [4.78, 5) is 34.7. The third-order valence-electron chi connectivity index (χ3n) is 3.68. The Morgan fingerprint density at radius 1 is 1.14 bits per heavy atom. The van der Waals surface area contributed by atoms with Gasteiger partial charge in [0.1, 0.15) is 11.3 Å². The number of anilines is 1. The smallest absolute Gasteiger partial charge is 0.282 e. The topological polar surface area (TPSA) is 123 Å². The maximum Gasteiger partial charge on any atom is 0.282 e. The highest BCUT2D eigenvalue weighted by Gasteiger charge is 2.18. The second kappa shape index (κ2) is 9.17. The number of nitrogens with zero attached hydrogens (tertiary/aromatic N) is 1. The molecule has 0 spiro atoms. The van der Waals surface area contributed by atoms with Gasteiger partial charge in [0.2, 0.25) is 5.91 Å². The van der Waals surface area contributed by atoms with Gasteiger partial charge < -0.3 is 15.5 Å². The average molecular weight is 384 g/mol. The van der Waals surface area contributed by atoms with E-state index in [0.717, 1.165) is 5.56 Å². The number of allylic oxidation sites excluding steroid dienone is 1. The lowest BCUT2D eigenvalue weighted by Crippen LogP contribution is -2.36. The highest BCUT2D eigenvalue weighted by molar-refractivity contribution is 6.01. The fourth-order valence-electron chi connectivity index (χ4n) is 2.37. The van der Waals surface area contributed by atoms with Gasteiger partial charge in [-0.15, -0.1) is 0 Å². The van der Waals surface area contributed by atoms with Crippen molar-refractivity contribution in [3.05, 3.63) is 75.5 Å². The van der Waals surface area contributed by atoms with E-state index in [2.05, 4.69) is 16.2 Å². The van der Waals surface area contributed by atoms with Gasteiger partial charge >= 0.3 is 0 Å². The summed E-state index contributed by atoms with van der Waals surface area (Å²) in [6, 6.07) is 10.9. The standard InChI is InChI=1S/C19H20N4O5/c1-12-8-9-17(28-3)15(10-12)20-18(24)11-13(2)21-22-19(25)14-6-4-5-7-16(14)23(26)27/h4-11,21H,1-3H3,(H,20,24)(H,22,25)/b13-11+. The van der Waals surface area contributed by atoms with E-state index < -0.39 is 16.7 Å². The van der Waals surface area contributed by atoms with Crippen molar-refractivity contribution in [1.29, 1.82) is 0 Å². The van der Waals surface area contributed by atoms with Crippen LogP contribution >= 0.6 is 0 Å². The van der Waals surface area contributed by atoms with Gasteiger partial charge in [0, 0.05) is 17.8 Å². The first-order valence-corrected chi connectivity index (χ1v) is 8.25. The number of carbonyl (C=O) groups excluding carboxylic acids is 2. The molecule has 0 unspecified atom stereocenters. The Morgan fingerprint density at radius 3 is 2.54 bits per heavy atom. The van der Waals surface area contributed by atoms with E-state index in [-0.39, 0.29) is 11.3 Å². The number of rotatable bonds is 7. The van der Waals surface area contributed by atoms with Crippen LogP contribution < -0.4 is 20.9 Å². The van der Waals surface area contributed by atoms with Gasteiger partial charge in [-0.3, -0.25) is 25.1 Å². The van der Waals surface area contributed by atoms with Gasteiger partial charge in [-0.25, -0.2) is 0 Å². The summed E-state index contributed by atoms with van der Waals surface area (Å²) in [5, 5.41) is 13.7. The molecule has 2 aromatic rings. The molecular weight excluding hydrogens is 364 g/mol. The quantitative estimate of drug-likeness (QED) is 0.383. The van der Waals surface area contributed by atoms with Crippen molar-refractivity contribution < 1.29 is 19.2 Å². The molecule has 0 heterocycles. The molecule has 3 N–H and O–H groups in total. The molecule has 28 heavy (non-hydrogen) atoms. The third kappa shape index (κ3) is 5.31. The second-order valence-corrected chi connectivity index (χ2v) is 5.87. The summed E-state index contributed by atoms with van der Waals surface area (Å²) in [6.45, 7) is 3.45. The second-order valence-electron chi connectivity index (χ2n) is 5.87. The van der Waals surface area contributed by atoms with Gasteiger partial charge in [-0.05, 0) is 37.6 Å². The third-order valence-corrected chi connectivity index (χ3v) is 3.68. The molecule has 0 aliphatic rings. The minimum atomic E-state index is -0.694. The van der Waals surface area contributed by atoms with Gasteiger partial charge in [-0.2, -0.15) is 0 Å². The summed E-state index contributed by atoms with van der Waals surface area (Å²) in [6.07, 6.45) is 1.24. The molecule has 0 saturated carbocycles. The monoisotopic (exact) mass is 384 g/mol. The number of hydrogen-bond acceptors (Lipinski definition) is 6. The fraction of sp³-hybridized carbons (Fsp3) is 0.158. The van der Waals surface area contributed by atoms with Crippen LogP contribution in [0.3, 0.4) is 0 Å². The van der Waals surface area contributed by atoms with Crippen LogP contribution in [-0.4, -0.2) is 23.8 Å². The number of aryl methyl sites for hydroxylation is 1. The van der Waals surface area contributed by atoms with Crippen molar-refractivity contribution in [1.82, 2.24) is 10.9 Å². The summed E-state index contributed by atoms with van der Waals surface area (Å²) < 4.78 is 5.20. The number of benzene rings is 2. The Morgan fingerprint density at radius 2 is 1.86 bits per heavy atom. The first-order valence-electron chi connectivity index (χ1n) is 8.25. The number of nitrogens with one attached hydrogen (secondary N) is 3. The molecule has 2 rings (SSSR count). The zero-order chi connectivity index (χ0) is 20.7. The number of carbonyl (C=O) groups is 2. The molecule has 0 aromatic heterocycles. The highest BCUT2D eigenvalue weighted by Crippen LogP contribution is 2.25. The molecule has 2 aromatic carbocycles. The number of hydrogen-bond donors (Lipinski definition) is 3. The van der Waals surface area contributed by atoms with Crippen molar-refractivity contribution in [2.45, 2.75) is 13.8 Å². The highest BCUT2D eigenvalue weighted by atomic mass is 16.6. The van der Waals surface area contributed by atoms with Crippen LogP contribution in [0.15, 0.2) is 54.2 Å². The van der Waals surface area contributed by atoms with Crippen molar-refractivity contribution in [2.75, 3.05) is 12.4 Å². The van der Waals surface area contributed by atoms with E-state index in [1.807, 2.05) is 13.0 Å². The molecular formula is C19H20N4O5. The van der Waals surface area contributed by atoms with Crippen molar-refractivity contribution >= 4 is 23.2 Å². The van der Waals surface area contributed by atoms with Gasteiger partial charge in [0.15, 0.2) is 0 Å². The Kier molecular flexibility index (Phi) is 6.69. The van der Waals surface area contributed by atoms with Crippen LogP contribution in [0.5, 0.6) is 5.75 Å². The van der Waals surface area contributed by atoms with Crippen LogP contribution in [0.2, 0.25) is 0 Å². The van der Waals surface area contributed by atoms with Crippen molar-refractivity contribution in [3.8, 4) is 5.75 Å². The van der Waals surface area contributed by atoms with Crippen molar-refractivity contribution in [2.24, 2.45) is 0 Å². The van der Waals surface area contributed by atoms with Crippen LogP contribution in [0.4, 0.5) is 11.4 Å². The lowest BCUT2D eigenvalue weighted by Gasteiger charge is -2.11. The summed E-state index contributed by atoms with van der Waals surface area (Å²) in [7, 11) is 1.50. The van der Waals surface area contributed by atoms with Gasteiger partial charge in [-0.1, -0.05) is 18.2 Å². The average Bonchev–Trinajstić information content (AvgIpc) is 2.66. The van der Waals surface area contributed by atoms with Crippen LogP contribution in [-0.2, 0) is 4.79 Å². The SMILES string of the molecule is COc1ccc(C)cc1NC(=O)/C=C(\C)NNC(=O)c1ccccc1[N+](=O)[O-]. The zero-order valence-electron chi connectivity index (χ0n) is 15.6. The Balaban J connectivity index is 2.01. The number of nitro benzene ring substituents is 1. The largest absolute Gasteiger partial charge is 0.495 e. The van der Waals surface area contributed by atoms with Crippen LogP contribution in [0, 0.1) is 17.0 Å². The number of methoxy groups -OCH3 is 1. The van der Waals surface area contributed by atoms with E-state index >= 15 is 0 Å². The van der Waals surface area contributed by atoms with E-state index in [1.54, 1.807) is 19.1 Å². The molecule has 9 heteroatoms. The normalized spacial score (nSPS) is 10.8. The molecule has 0 bridgehead atoms. The molecule has 0 aliphatic carbocycles. The molecule has 0 fully saturated rings.